The average Bonchev–Trinajstić information content (AvgIpc) is 2.77. The molecule has 0 fully saturated rings. The van der Waals surface area contributed by atoms with Crippen LogP contribution in [0.2, 0.25) is 0 Å². The van der Waals surface area contributed by atoms with E-state index in [0.717, 1.165) is 13.2 Å². The minimum atomic E-state index is -5.42. The number of alkyl halides is 3. The molecule has 0 amide bonds. The third-order valence-electron chi connectivity index (χ3n) is 5.46. The van der Waals surface area contributed by atoms with E-state index in [-0.39, 0.29) is 11.4 Å². The van der Waals surface area contributed by atoms with E-state index in [0.29, 0.717) is 10.8 Å². The Morgan fingerprint density at radius 3 is 2.30 bits per heavy atom. The van der Waals surface area contributed by atoms with Crippen molar-refractivity contribution >= 4 is 26.3 Å². The lowest BCUT2D eigenvalue weighted by Crippen LogP contribution is -2.57. The van der Waals surface area contributed by atoms with E-state index in [1.165, 1.54) is 25.1 Å². The molecule has 5 nitrogen and oxygen atoms in total. The summed E-state index contributed by atoms with van der Waals surface area (Å²) >= 11 is 0. The zero-order valence-corrected chi connectivity index (χ0v) is 18.7. The van der Waals surface area contributed by atoms with Crippen LogP contribution in [0.25, 0.3) is 10.8 Å². The van der Waals surface area contributed by atoms with Crippen molar-refractivity contribution in [2.24, 2.45) is 0 Å². The normalized spacial score (nSPS) is 15.1. The van der Waals surface area contributed by atoms with Crippen LogP contribution in [0.4, 0.5) is 23.2 Å². The Morgan fingerprint density at radius 1 is 1.03 bits per heavy atom. The molecule has 0 radical (unpaired) electrons. The SMILES string of the molecule is CCS(=O)(=O)CC(O)(C(Nc1cccc2ccccc12)c1cccc(OC)c1F)C(F)(F)F. The predicted molar refractivity (Wildman–Crippen MR) is 119 cm³/mol. The first-order chi connectivity index (χ1) is 15.4. The molecule has 0 bridgehead atoms. The predicted octanol–water partition coefficient (Wildman–Crippen LogP) is 4.87. The highest BCUT2D eigenvalue weighted by Crippen LogP contribution is 2.45. The van der Waals surface area contributed by atoms with Gasteiger partial charge in [-0.05, 0) is 17.5 Å². The van der Waals surface area contributed by atoms with Crippen LogP contribution in [0.3, 0.4) is 0 Å². The molecule has 0 saturated carbocycles. The highest BCUT2D eigenvalue weighted by atomic mass is 32.2. The third kappa shape index (κ3) is 4.91. The number of ether oxygens (including phenoxy) is 1. The summed E-state index contributed by atoms with van der Waals surface area (Å²) in [5.74, 6) is -3.78. The number of rotatable bonds is 8. The number of benzene rings is 3. The molecular weight excluding hydrogens is 462 g/mol. The van der Waals surface area contributed by atoms with Gasteiger partial charge in [0, 0.05) is 22.4 Å². The van der Waals surface area contributed by atoms with Crippen LogP contribution in [-0.2, 0) is 9.84 Å². The molecular formula is C23H23F4NO4S. The van der Waals surface area contributed by atoms with Crippen LogP contribution >= 0.6 is 0 Å². The van der Waals surface area contributed by atoms with Gasteiger partial charge >= 0.3 is 6.18 Å². The Hall–Kier alpha value is -2.85. The third-order valence-corrected chi connectivity index (χ3v) is 7.22. The molecule has 0 heterocycles. The summed E-state index contributed by atoms with van der Waals surface area (Å²) in [6.07, 6.45) is -5.42. The summed E-state index contributed by atoms with van der Waals surface area (Å²) in [6.45, 7) is 1.17. The summed E-state index contributed by atoms with van der Waals surface area (Å²) in [5.41, 5.74) is -4.28. The maximum Gasteiger partial charge on any atom is 0.420 e. The first kappa shape index (κ1) is 24.8. The molecule has 0 saturated heterocycles. The maximum absolute atomic E-state index is 15.2. The van der Waals surface area contributed by atoms with Gasteiger partial charge in [0.25, 0.3) is 0 Å². The number of methoxy groups -OCH3 is 1. The molecule has 2 atom stereocenters. The van der Waals surface area contributed by atoms with E-state index in [1.807, 2.05) is 0 Å². The topological polar surface area (TPSA) is 75.6 Å². The highest BCUT2D eigenvalue weighted by molar-refractivity contribution is 7.91. The molecule has 0 aromatic heterocycles. The largest absolute Gasteiger partial charge is 0.494 e. The fraction of sp³-hybridized carbons (Fsp3) is 0.304. The van der Waals surface area contributed by atoms with Crippen molar-refractivity contribution in [1.82, 2.24) is 0 Å². The van der Waals surface area contributed by atoms with E-state index < -0.39 is 50.5 Å². The second kappa shape index (κ2) is 9.18. The van der Waals surface area contributed by atoms with E-state index in [1.54, 1.807) is 36.4 Å². The lowest BCUT2D eigenvalue weighted by molar-refractivity contribution is -0.257. The monoisotopic (exact) mass is 485 g/mol. The molecule has 10 heteroatoms. The second-order valence-electron chi connectivity index (χ2n) is 7.57. The number of halogens is 4. The van der Waals surface area contributed by atoms with Gasteiger partial charge in [0.15, 0.2) is 27.0 Å². The number of aliphatic hydroxyl groups is 1. The molecule has 0 aliphatic rings. The van der Waals surface area contributed by atoms with Crippen LogP contribution in [0.1, 0.15) is 18.5 Å². The zero-order chi connectivity index (χ0) is 24.4. The highest BCUT2D eigenvalue weighted by Gasteiger charge is 2.61. The average molecular weight is 485 g/mol. The quantitative estimate of drug-likeness (QED) is 0.446. The lowest BCUT2D eigenvalue weighted by atomic mass is 9.88. The maximum atomic E-state index is 15.2. The van der Waals surface area contributed by atoms with Crippen molar-refractivity contribution in [2.45, 2.75) is 24.7 Å². The van der Waals surface area contributed by atoms with Crippen molar-refractivity contribution in [3.05, 3.63) is 72.0 Å². The summed E-state index contributed by atoms with van der Waals surface area (Å²) in [4.78, 5) is 0. The number of anilines is 1. The van der Waals surface area contributed by atoms with Crippen molar-refractivity contribution in [3.63, 3.8) is 0 Å². The molecule has 3 aromatic carbocycles. The van der Waals surface area contributed by atoms with Gasteiger partial charge in [-0.25, -0.2) is 12.8 Å². The Labute approximate surface area is 188 Å². The Bertz CT molecular complexity index is 1240. The first-order valence-electron chi connectivity index (χ1n) is 9.99. The zero-order valence-electron chi connectivity index (χ0n) is 17.9. The number of hydrogen-bond donors (Lipinski definition) is 2. The standard InChI is InChI=1S/C23H23F4NO4S/c1-3-33(30,31)14-22(29,23(25,26)27)21(17-11-7-13-19(32-2)20(17)24)28-18-12-6-9-15-8-4-5-10-16(15)18/h4-13,21,28-29H,3,14H2,1-2H3. The van der Waals surface area contributed by atoms with Gasteiger partial charge in [-0.3, -0.25) is 0 Å². The van der Waals surface area contributed by atoms with Crippen molar-refractivity contribution in [2.75, 3.05) is 23.9 Å². The van der Waals surface area contributed by atoms with Gasteiger partial charge < -0.3 is 15.2 Å². The molecule has 0 aliphatic carbocycles. The number of nitrogens with one attached hydrogen (secondary N) is 1. The van der Waals surface area contributed by atoms with Gasteiger partial charge in [0.2, 0.25) is 0 Å². The minimum absolute atomic E-state index is 0.164. The van der Waals surface area contributed by atoms with Crippen LogP contribution in [-0.4, -0.2) is 43.9 Å². The van der Waals surface area contributed by atoms with E-state index in [9.17, 15) is 26.7 Å². The summed E-state index contributed by atoms with van der Waals surface area (Å²) in [7, 11) is -3.19. The van der Waals surface area contributed by atoms with E-state index >= 15 is 4.39 Å². The van der Waals surface area contributed by atoms with Gasteiger partial charge in [-0.2, -0.15) is 13.2 Å². The summed E-state index contributed by atoms with van der Waals surface area (Å²) in [6, 6.07) is 12.9. The van der Waals surface area contributed by atoms with Gasteiger partial charge in [-0.15, -0.1) is 0 Å². The molecule has 178 valence electrons. The molecule has 33 heavy (non-hydrogen) atoms. The van der Waals surface area contributed by atoms with Crippen LogP contribution in [0.15, 0.2) is 60.7 Å². The van der Waals surface area contributed by atoms with Gasteiger partial charge in [0.05, 0.1) is 18.9 Å². The Morgan fingerprint density at radius 2 is 1.67 bits per heavy atom. The van der Waals surface area contributed by atoms with Crippen molar-refractivity contribution in [3.8, 4) is 5.75 Å². The summed E-state index contributed by atoms with van der Waals surface area (Å²) in [5, 5.41) is 14.8. The smallest absolute Gasteiger partial charge is 0.420 e. The Kier molecular flexibility index (Phi) is 6.90. The fourth-order valence-electron chi connectivity index (χ4n) is 3.64. The van der Waals surface area contributed by atoms with Gasteiger partial charge in [-0.1, -0.05) is 55.5 Å². The minimum Gasteiger partial charge on any atom is -0.494 e. The van der Waals surface area contributed by atoms with Crippen LogP contribution in [0.5, 0.6) is 5.75 Å². The van der Waals surface area contributed by atoms with Crippen LogP contribution < -0.4 is 10.1 Å². The molecule has 3 rings (SSSR count). The lowest BCUT2D eigenvalue weighted by Gasteiger charge is -2.39. The molecule has 0 spiro atoms. The van der Waals surface area contributed by atoms with Crippen LogP contribution in [0, 0.1) is 5.82 Å². The fourth-order valence-corrected chi connectivity index (χ4v) is 4.84. The number of sulfone groups is 1. The van der Waals surface area contributed by atoms with E-state index in [4.69, 9.17) is 4.74 Å². The molecule has 2 unspecified atom stereocenters. The number of hydrogen-bond acceptors (Lipinski definition) is 5. The number of fused-ring (bicyclic) bond motifs is 1. The summed E-state index contributed by atoms with van der Waals surface area (Å²) < 4.78 is 87.6. The van der Waals surface area contributed by atoms with Crippen molar-refractivity contribution < 1.29 is 35.8 Å². The van der Waals surface area contributed by atoms with E-state index in [2.05, 4.69) is 5.32 Å². The molecule has 0 aliphatic heterocycles. The second-order valence-corrected chi connectivity index (χ2v) is 9.92. The molecule has 3 aromatic rings. The Balaban J connectivity index is 2.28. The molecule has 2 N–H and O–H groups in total. The first-order valence-corrected chi connectivity index (χ1v) is 11.8. The van der Waals surface area contributed by atoms with Gasteiger partial charge in [0.1, 0.15) is 0 Å². The van der Waals surface area contributed by atoms with Crippen molar-refractivity contribution in [1.29, 1.82) is 0 Å².